The highest BCUT2D eigenvalue weighted by molar-refractivity contribution is 5.73. The predicted octanol–water partition coefficient (Wildman–Crippen LogP) is 2.62. The van der Waals surface area contributed by atoms with Crippen molar-refractivity contribution < 1.29 is 23.1 Å². The highest BCUT2D eigenvalue weighted by atomic mass is 19.4. The first kappa shape index (κ1) is 18.3. The van der Waals surface area contributed by atoms with E-state index in [1.807, 2.05) is 0 Å². The van der Waals surface area contributed by atoms with Crippen molar-refractivity contribution in [2.75, 3.05) is 26.7 Å². The number of urea groups is 1. The van der Waals surface area contributed by atoms with E-state index < -0.39 is 17.2 Å². The number of halogens is 3. The van der Waals surface area contributed by atoms with Crippen LogP contribution in [0.25, 0.3) is 0 Å². The number of hydrogen-bond acceptors (Lipinski definition) is 2. The van der Waals surface area contributed by atoms with Crippen LogP contribution in [0.5, 0.6) is 0 Å². The van der Waals surface area contributed by atoms with Gasteiger partial charge in [-0.3, -0.25) is 0 Å². The number of aliphatic hydroxyl groups is 1. The lowest BCUT2D eigenvalue weighted by molar-refractivity contribution is -0.137. The molecule has 2 amide bonds. The number of amides is 2. The van der Waals surface area contributed by atoms with E-state index in [0.717, 1.165) is 12.1 Å². The van der Waals surface area contributed by atoms with E-state index in [2.05, 4.69) is 5.32 Å². The zero-order chi connectivity index (χ0) is 17.0. The van der Waals surface area contributed by atoms with Crippen molar-refractivity contribution in [3.63, 3.8) is 0 Å². The number of likely N-dealkylation sites (N-methyl/N-ethyl adjacent to an activating group) is 1. The van der Waals surface area contributed by atoms with Gasteiger partial charge >= 0.3 is 12.2 Å². The normalized spacial score (nSPS) is 12.1. The fourth-order valence-corrected chi connectivity index (χ4v) is 1.90. The molecule has 1 aromatic rings. The van der Waals surface area contributed by atoms with Gasteiger partial charge in [-0.15, -0.1) is 0 Å². The second-order valence-corrected chi connectivity index (χ2v) is 5.77. The quantitative estimate of drug-likeness (QED) is 0.877. The molecule has 0 aromatic heterocycles. The van der Waals surface area contributed by atoms with Gasteiger partial charge in [0.25, 0.3) is 0 Å². The Bertz CT molecular complexity index is 516. The first-order valence-corrected chi connectivity index (χ1v) is 6.85. The number of alkyl halides is 3. The third-order valence-electron chi connectivity index (χ3n) is 3.44. The largest absolute Gasteiger partial charge is 0.416 e. The molecule has 124 valence electrons. The van der Waals surface area contributed by atoms with Gasteiger partial charge in [-0.1, -0.05) is 32.0 Å². The summed E-state index contributed by atoms with van der Waals surface area (Å²) in [5.41, 5.74) is -0.869. The minimum atomic E-state index is -4.39. The molecule has 22 heavy (non-hydrogen) atoms. The zero-order valence-electron chi connectivity index (χ0n) is 12.9. The fraction of sp³-hybridized carbons (Fsp3) is 0.533. The maximum atomic E-state index is 12.8. The molecule has 0 saturated heterocycles. The van der Waals surface area contributed by atoms with Crippen LogP contribution in [0.3, 0.4) is 0 Å². The van der Waals surface area contributed by atoms with Gasteiger partial charge in [-0.2, -0.15) is 13.2 Å². The maximum absolute atomic E-state index is 12.8. The maximum Gasteiger partial charge on any atom is 0.416 e. The van der Waals surface area contributed by atoms with Crippen LogP contribution in [0.2, 0.25) is 0 Å². The smallest absolute Gasteiger partial charge is 0.395 e. The molecule has 0 unspecified atom stereocenters. The molecule has 0 fully saturated rings. The average molecular weight is 318 g/mol. The van der Waals surface area contributed by atoms with Crippen LogP contribution in [0.4, 0.5) is 18.0 Å². The van der Waals surface area contributed by atoms with Gasteiger partial charge in [0.15, 0.2) is 0 Å². The number of aliphatic hydroxyl groups excluding tert-OH is 1. The topological polar surface area (TPSA) is 52.6 Å². The molecule has 2 N–H and O–H groups in total. The summed E-state index contributed by atoms with van der Waals surface area (Å²) in [6.45, 7) is 3.74. The van der Waals surface area contributed by atoms with Gasteiger partial charge < -0.3 is 15.3 Å². The third-order valence-corrected chi connectivity index (χ3v) is 3.44. The molecule has 0 spiro atoms. The van der Waals surface area contributed by atoms with E-state index in [4.69, 9.17) is 5.11 Å². The molecule has 0 aliphatic heterocycles. The van der Waals surface area contributed by atoms with E-state index in [9.17, 15) is 18.0 Å². The lowest BCUT2D eigenvalue weighted by atomic mass is 9.84. The fourth-order valence-electron chi connectivity index (χ4n) is 1.90. The Labute approximate surface area is 127 Å². The van der Waals surface area contributed by atoms with E-state index in [1.54, 1.807) is 19.9 Å². The Hall–Kier alpha value is -1.76. The van der Waals surface area contributed by atoms with Gasteiger partial charge in [0.05, 0.1) is 12.2 Å². The average Bonchev–Trinajstić information content (AvgIpc) is 2.44. The van der Waals surface area contributed by atoms with E-state index in [1.165, 1.54) is 18.0 Å². The second kappa shape index (κ2) is 7.00. The third kappa shape index (κ3) is 4.91. The van der Waals surface area contributed by atoms with Gasteiger partial charge in [0, 0.05) is 25.6 Å². The van der Waals surface area contributed by atoms with Crippen molar-refractivity contribution in [3.05, 3.63) is 35.4 Å². The summed E-state index contributed by atoms with van der Waals surface area (Å²) in [7, 11) is 1.53. The Balaban J connectivity index is 2.80. The number of carbonyl (C=O) groups is 1. The summed E-state index contributed by atoms with van der Waals surface area (Å²) in [5, 5.41) is 11.4. The lowest BCUT2D eigenvalue weighted by Crippen LogP contribution is -2.44. The first-order chi connectivity index (χ1) is 10.1. The molecule has 0 aliphatic rings. The Kier molecular flexibility index (Phi) is 5.82. The summed E-state index contributed by atoms with van der Waals surface area (Å²) in [4.78, 5) is 13.1. The lowest BCUT2D eigenvalue weighted by Gasteiger charge is -2.28. The Morgan fingerprint density at radius 3 is 2.41 bits per heavy atom. The van der Waals surface area contributed by atoms with Crippen molar-refractivity contribution in [3.8, 4) is 0 Å². The van der Waals surface area contributed by atoms with Gasteiger partial charge in [0.2, 0.25) is 0 Å². The number of carbonyl (C=O) groups excluding carboxylic acids is 1. The van der Waals surface area contributed by atoms with Crippen LogP contribution in [-0.4, -0.2) is 42.8 Å². The molecule has 1 aromatic carbocycles. The molecule has 4 nitrogen and oxygen atoms in total. The van der Waals surface area contributed by atoms with Crippen molar-refractivity contribution in [2.45, 2.75) is 25.4 Å². The number of rotatable bonds is 5. The molecule has 7 heteroatoms. The minimum Gasteiger partial charge on any atom is -0.395 e. The summed E-state index contributed by atoms with van der Waals surface area (Å²) in [6.07, 6.45) is -4.39. The summed E-state index contributed by atoms with van der Waals surface area (Å²) in [6, 6.07) is 4.71. The van der Waals surface area contributed by atoms with Crippen LogP contribution < -0.4 is 5.32 Å². The molecule has 0 radical (unpaired) electrons. The van der Waals surface area contributed by atoms with Crippen LogP contribution in [0, 0.1) is 0 Å². The van der Waals surface area contributed by atoms with Gasteiger partial charge in [0.1, 0.15) is 0 Å². The highest BCUT2D eigenvalue weighted by Gasteiger charge is 2.32. The molecule has 0 heterocycles. The molecule has 1 rings (SSSR count). The standard InChI is InChI=1S/C15H21F3N2O2/c1-14(2,10-19-13(22)20(3)7-8-21)11-5-4-6-12(9-11)15(16,17)18/h4-6,9,21H,7-8,10H2,1-3H3,(H,19,22). The number of nitrogens with one attached hydrogen (secondary N) is 1. The van der Waals surface area contributed by atoms with Crippen molar-refractivity contribution in [1.29, 1.82) is 0 Å². The van der Waals surface area contributed by atoms with Crippen molar-refractivity contribution >= 4 is 6.03 Å². The first-order valence-electron chi connectivity index (χ1n) is 6.85. The Morgan fingerprint density at radius 1 is 1.27 bits per heavy atom. The number of benzene rings is 1. The van der Waals surface area contributed by atoms with Gasteiger partial charge in [-0.25, -0.2) is 4.79 Å². The number of hydrogen-bond donors (Lipinski definition) is 2. The molecule has 0 atom stereocenters. The SMILES string of the molecule is CN(CCO)C(=O)NCC(C)(C)c1cccc(C(F)(F)F)c1. The monoisotopic (exact) mass is 318 g/mol. The van der Waals surface area contributed by atoms with Crippen LogP contribution in [-0.2, 0) is 11.6 Å². The summed E-state index contributed by atoms with van der Waals surface area (Å²) < 4.78 is 38.3. The zero-order valence-corrected chi connectivity index (χ0v) is 12.9. The van der Waals surface area contributed by atoms with Crippen LogP contribution >= 0.6 is 0 Å². The van der Waals surface area contributed by atoms with Crippen LogP contribution in [0.15, 0.2) is 24.3 Å². The van der Waals surface area contributed by atoms with Gasteiger partial charge in [-0.05, 0) is 11.6 Å². The second-order valence-electron chi connectivity index (χ2n) is 5.77. The van der Waals surface area contributed by atoms with Crippen LogP contribution in [0.1, 0.15) is 25.0 Å². The van der Waals surface area contributed by atoms with Crippen molar-refractivity contribution in [2.24, 2.45) is 0 Å². The molecular formula is C15H21F3N2O2. The molecule has 0 saturated carbocycles. The molecular weight excluding hydrogens is 297 g/mol. The molecule has 0 aliphatic carbocycles. The number of nitrogens with zero attached hydrogens (tertiary/aromatic N) is 1. The minimum absolute atomic E-state index is 0.152. The molecule has 0 bridgehead atoms. The van der Waals surface area contributed by atoms with Crippen molar-refractivity contribution in [1.82, 2.24) is 10.2 Å². The highest BCUT2D eigenvalue weighted by Crippen LogP contribution is 2.32. The summed E-state index contributed by atoms with van der Waals surface area (Å²) >= 11 is 0. The van der Waals surface area contributed by atoms with E-state index >= 15 is 0 Å². The Morgan fingerprint density at radius 2 is 1.86 bits per heavy atom. The van der Waals surface area contributed by atoms with E-state index in [-0.39, 0.29) is 25.7 Å². The summed E-state index contributed by atoms with van der Waals surface area (Å²) in [5.74, 6) is 0. The predicted molar refractivity (Wildman–Crippen MR) is 77.6 cm³/mol. The van der Waals surface area contributed by atoms with E-state index in [0.29, 0.717) is 5.56 Å².